The van der Waals surface area contributed by atoms with E-state index in [4.69, 9.17) is 9.15 Å². The number of nitrogens with zero attached hydrogens (tertiary/aromatic N) is 3. The average Bonchev–Trinajstić information content (AvgIpc) is 3.33. The van der Waals surface area contributed by atoms with Gasteiger partial charge in [-0.15, -0.1) is 10.2 Å². The van der Waals surface area contributed by atoms with Crippen molar-refractivity contribution in [1.29, 1.82) is 0 Å². The maximum Gasteiger partial charge on any atom is 0.326 e. The van der Waals surface area contributed by atoms with Gasteiger partial charge in [-0.2, -0.15) is 0 Å². The van der Waals surface area contributed by atoms with Gasteiger partial charge in [-0.3, -0.25) is 9.59 Å². The molecule has 1 unspecified atom stereocenters. The van der Waals surface area contributed by atoms with Crippen LogP contribution in [0.4, 0.5) is 0 Å². The molecule has 33 heavy (non-hydrogen) atoms. The molecule has 7 nitrogen and oxygen atoms in total. The Hall–Kier alpha value is -4.26. The van der Waals surface area contributed by atoms with E-state index in [2.05, 4.69) is 10.2 Å². The second-order valence-electron chi connectivity index (χ2n) is 7.89. The van der Waals surface area contributed by atoms with E-state index < -0.39 is 12.1 Å². The molecule has 2 aromatic heterocycles. The molecule has 0 spiro atoms. The molecule has 0 saturated heterocycles. The number of esters is 1. The summed E-state index contributed by atoms with van der Waals surface area (Å²) in [4.78, 5) is 25.7. The molecule has 0 aliphatic carbocycles. The number of ether oxygens (including phenoxy) is 1. The Morgan fingerprint density at radius 1 is 0.939 bits per heavy atom. The fourth-order valence-electron chi connectivity index (χ4n) is 3.87. The highest BCUT2D eigenvalue weighted by molar-refractivity contribution is 5.94. The van der Waals surface area contributed by atoms with Crippen molar-refractivity contribution in [3.05, 3.63) is 94.5 Å². The number of carbonyl (C=O) groups excluding carboxylic acids is 1. The van der Waals surface area contributed by atoms with Gasteiger partial charge in [0.15, 0.2) is 11.5 Å². The largest absolute Gasteiger partial charge is 0.451 e. The van der Waals surface area contributed by atoms with Crippen LogP contribution < -0.4 is 5.43 Å². The lowest BCUT2D eigenvalue weighted by Gasteiger charge is -2.16. The number of para-hydroxylation sites is 2. The van der Waals surface area contributed by atoms with Crippen molar-refractivity contribution in [1.82, 2.24) is 14.8 Å². The molecule has 0 N–H and O–H groups in total. The molecule has 0 aliphatic rings. The Morgan fingerprint density at radius 3 is 2.18 bits per heavy atom. The number of carbonyl (C=O) groups is 1. The van der Waals surface area contributed by atoms with Crippen molar-refractivity contribution in [2.75, 3.05) is 0 Å². The van der Waals surface area contributed by atoms with E-state index in [0.717, 1.165) is 11.1 Å². The zero-order chi connectivity index (χ0) is 22.9. The quantitative estimate of drug-likeness (QED) is 0.288. The van der Waals surface area contributed by atoms with E-state index >= 15 is 0 Å². The third-order valence-corrected chi connectivity index (χ3v) is 5.56. The van der Waals surface area contributed by atoms with Crippen LogP contribution in [0.3, 0.4) is 0 Å². The van der Waals surface area contributed by atoms with Crippen LogP contribution in [0.2, 0.25) is 0 Å². The first-order valence-corrected chi connectivity index (χ1v) is 10.6. The Balaban J connectivity index is 1.41. The van der Waals surface area contributed by atoms with Crippen LogP contribution in [-0.4, -0.2) is 20.7 Å². The molecule has 1 atom stereocenters. The van der Waals surface area contributed by atoms with Crippen LogP contribution in [0.1, 0.15) is 24.5 Å². The first-order valence-electron chi connectivity index (χ1n) is 10.6. The maximum absolute atomic E-state index is 12.9. The van der Waals surface area contributed by atoms with Crippen LogP contribution >= 0.6 is 0 Å². The molecule has 0 saturated carbocycles. The van der Waals surface area contributed by atoms with Gasteiger partial charge in [0.05, 0.1) is 11.0 Å². The average molecular weight is 439 g/mol. The van der Waals surface area contributed by atoms with E-state index in [1.807, 2.05) is 67.6 Å². The lowest BCUT2D eigenvalue weighted by atomic mass is 10.1. The van der Waals surface area contributed by atoms with Gasteiger partial charge in [0.2, 0.25) is 5.89 Å². The second kappa shape index (κ2) is 8.35. The number of benzene rings is 3. The minimum absolute atomic E-state index is 0.0614. The summed E-state index contributed by atoms with van der Waals surface area (Å²) in [5.41, 5.74) is 3.21. The fraction of sp³-hybridized carbons (Fsp3) is 0.154. The van der Waals surface area contributed by atoms with Crippen molar-refractivity contribution >= 4 is 27.8 Å². The molecular weight excluding hydrogens is 418 g/mol. The van der Waals surface area contributed by atoms with Crippen molar-refractivity contribution in [2.24, 2.45) is 0 Å². The molecule has 2 heterocycles. The van der Waals surface area contributed by atoms with Gasteiger partial charge < -0.3 is 13.7 Å². The molecular formula is C26H21N3O4. The summed E-state index contributed by atoms with van der Waals surface area (Å²) in [6.07, 6.45) is -0.721. The monoisotopic (exact) mass is 439 g/mol. The normalized spacial score (nSPS) is 12.2. The molecule has 0 radical (unpaired) electrons. The van der Waals surface area contributed by atoms with Crippen molar-refractivity contribution in [3.8, 4) is 11.5 Å². The SMILES string of the molecule is Cc1ccc(-c2nnc(C(C)OC(=O)Cn3c4ccccc4c(=O)c4ccccc43)o2)cc1. The van der Waals surface area contributed by atoms with Gasteiger partial charge in [-0.1, -0.05) is 42.0 Å². The predicted octanol–water partition coefficient (Wildman–Crippen LogP) is 4.82. The van der Waals surface area contributed by atoms with Gasteiger partial charge in [0, 0.05) is 16.3 Å². The summed E-state index contributed by atoms with van der Waals surface area (Å²) in [6, 6.07) is 22.2. The Morgan fingerprint density at radius 2 is 1.55 bits per heavy atom. The van der Waals surface area contributed by atoms with Gasteiger partial charge in [0.1, 0.15) is 6.54 Å². The van der Waals surface area contributed by atoms with E-state index in [1.54, 1.807) is 23.6 Å². The zero-order valence-corrected chi connectivity index (χ0v) is 18.2. The summed E-state index contributed by atoms with van der Waals surface area (Å²) >= 11 is 0. The number of fused-ring (bicyclic) bond motifs is 2. The Kier molecular flexibility index (Phi) is 5.22. The summed E-state index contributed by atoms with van der Waals surface area (Å²) < 4.78 is 13.1. The first-order chi connectivity index (χ1) is 16.0. The molecule has 3 aromatic carbocycles. The minimum atomic E-state index is -0.721. The lowest BCUT2D eigenvalue weighted by Crippen LogP contribution is -2.19. The van der Waals surface area contributed by atoms with Gasteiger partial charge in [-0.05, 0) is 50.2 Å². The molecule has 0 bridgehead atoms. The molecule has 0 fully saturated rings. The summed E-state index contributed by atoms with van der Waals surface area (Å²) in [5, 5.41) is 9.22. The van der Waals surface area contributed by atoms with E-state index in [9.17, 15) is 9.59 Å². The molecule has 5 rings (SSSR count). The van der Waals surface area contributed by atoms with Gasteiger partial charge in [0.25, 0.3) is 5.89 Å². The smallest absolute Gasteiger partial charge is 0.326 e. The number of hydrogen-bond acceptors (Lipinski definition) is 6. The predicted molar refractivity (Wildman–Crippen MR) is 125 cm³/mol. The number of aromatic nitrogens is 3. The number of aryl methyl sites for hydroxylation is 1. The van der Waals surface area contributed by atoms with Crippen LogP contribution in [0.15, 0.2) is 82.0 Å². The van der Waals surface area contributed by atoms with Crippen LogP contribution in [0.5, 0.6) is 0 Å². The molecule has 0 amide bonds. The van der Waals surface area contributed by atoms with Crippen LogP contribution in [0, 0.1) is 6.92 Å². The molecule has 7 heteroatoms. The first kappa shape index (κ1) is 20.6. The summed E-state index contributed by atoms with van der Waals surface area (Å²) in [5.74, 6) is 0.107. The maximum atomic E-state index is 12.9. The summed E-state index contributed by atoms with van der Waals surface area (Å²) in [7, 11) is 0. The number of hydrogen-bond donors (Lipinski definition) is 0. The van der Waals surface area contributed by atoms with E-state index in [-0.39, 0.29) is 17.9 Å². The fourth-order valence-corrected chi connectivity index (χ4v) is 3.87. The summed E-state index contributed by atoms with van der Waals surface area (Å²) in [6.45, 7) is 3.62. The lowest BCUT2D eigenvalue weighted by molar-refractivity contribution is -0.150. The van der Waals surface area contributed by atoms with Crippen LogP contribution in [0.25, 0.3) is 33.3 Å². The topological polar surface area (TPSA) is 87.2 Å². The van der Waals surface area contributed by atoms with Crippen molar-refractivity contribution < 1.29 is 13.9 Å². The molecule has 164 valence electrons. The van der Waals surface area contributed by atoms with Crippen molar-refractivity contribution in [3.63, 3.8) is 0 Å². The Labute approximate surface area is 189 Å². The van der Waals surface area contributed by atoms with Gasteiger partial charge >= 0.3 is 5.97 Å². The van der Waals surface area contributed by atoms with Crippen LogP contribution in [-0.2, 0) is 16.1 Å². The second-order valence-corrected chi connectivity index (χ2v) is 7.89. The highest BCUT2D eigenvalue weighted by atomic mass is 16.6. The molecule has 5 aromatic rings. The van der Waals surface area contributed by atoms with Gasteiger partial charge in [-0.25, -0.2) is 0 Å². The third kappa shape index (κ3) is 3.89. The third-order valence-electron chi connectivity index (χ3n) is 5.56. The zero-order valence-electron chi connectivity index (χ0n) is 18.2. The highest BCUT2D eigenvalue weighted by Gasteiger charge is 2.20. The number of rotatable bonds is 5. The van der Waals surface area contributed by atoms with E-state index in [0.29, 0.717) is 27.7 Å². The highest BCUT2D eigenvalue weighted by Crippen LogP contribution is 2.24. The Bertz CT molecular complexity index is 1470. The molecule has 0 aliphatic heterocycles. The van der Waals surface area contributed by atoms with E-state index in [1.165, 1.54) is 0 Å². The van der Waals surface area contributed by atoms with Crippen molar-refractivity contribution in [2.45, 2.75) is 26.5 Å². The standard InChI is InChI=1S/C26H21N3O4/c1-16-11-13-18(14-12-16)26-28-27-25(33-26)17(2)32-23(30)15-29-21-9-5-3-7-19(21)24(31)20-8-4-6-10-22(20)29/h3-14,17H,15H2,1-2H3. The number of pyridine rings is 1. The minimum Gasteiger partial charge on any atom is -0.451 e.